The molecule has 2 N–H and O–H groups in total. The second-order valence-corrected chi connectivity index (χ2v) is 8.60. The number of hydrogen-bond acceptors (Lipinski definition) is 3. The molecule has 1 aromatic carbocycles. The Bertz CT molecular complexity index is 829. The van der Waals surface area contributed by atoms with Crippen LogP contribution in [0.1, 0.15) is 51.5 Å². The molecule has 2 aromatic rings. The van der Waals surface area contributed by atoms with Crippen molar-refractivity contribution in [1.82, 2.24) is 4.98 Å². The Morgan fingerprint density at radius 2 is 2.04 bits per heavy atom. The number of halogens is 3. The van der Waals surface area contributed by atoms with Crippen molar-refractivity contribution in [2.45, 2.75) is 64.3 Å². The number of ether oxygens (including phenoxy) is 1. The molecule has 1 aliphatic carbocycles. The van der Waals surface area contributed by atoms with Gasteiger partial charge in [-0.1, -0.05) is 18.5 Å². The second kappa shape index (κ2) is 8.11. The van der Waals surface area contributed by atoms with E-state index < -0.39 is 17.4 Å². The standard InChI is InChI=1S/C22H29ClF2N2O/c1-4-19(26)22(21(2,24)25)8-5-14(6-9-22)11-16-12-15-7-10-27-20(28-3)17(15)13-18(16)23/h7,10,12-14,19H,4-6,8-9,11,26H2,1-3H3. The van der Waals surface area contributed by atoms with Gasteiger partial charge >= 0.3 is 0 Å². The molecular formula is C22H29ClF2N2O. The first-order valence-electron chi connectivity index (χ1n) is 9.96. The highest BCUT2D eigenvalue weighted by Crippen LogP contribution is 2.52. The third kappa shape index (κ3) is 3.84. The third-order valence-corrected chi connectivity index (χ3v) is 6.97. The number of benzene rings is 1. The van der Waals surface area contributed by atoms with Gasteiger partial charge in [-0.25, -0.2) is 13.8 Å². The molecule has 3 rings (SSSR count). The fraction of sp³-hybridized carbons (Fsp3) is 0.591. The fourth-order valence-corrected chi connectivity index (χ4v) is 5.01. The van der Waals surface area contributed by atoms with E-state index in [1.165, 1.54) is 0 Å². The molecule has 1 fully saturated rings. The SMILES string of the molecule is CCC(N)C1(C(C)(F)F)CCC(Cc2cc3ccnc(OC)c3cc2Cl)CC1. The van der Waals surface area contributed by atoms with Crippen molar-refractivity contribution in [2.75, 3.05) is 7.11 Å². The van der Waals surface area contributed by atoms with E-state index in [0.29, 0.717) is 36.1 Å². The summed E-state index contributed by atoms with van der Waals surface area (Å²) in [5.74, 6) is -1.89. The van der Waals surface area contributed by atoms with Crippen LogP contribution in [0.15, 0.2) is 24.4 Å². The number of aromatic nitrogens is 1. The van der Waals surface area contributed by atoms with E-state index >= 15 is 0 Å². The van der Waals surface area contributed by atoms with E-state index in [4.69, 9.17) is 22.1 Å². The van der Waals surface area contributed by atoms with E-state index in [2.05, 4.69) is 11.1 Å². The molecule has 0 bridgehead atoms. The molecule has 1 atom stereocenters. The largest absolute Gasteiger partial charge is 0.481 e. The van der Waals surface area contributed by atoms with Gasteiger partial charge in [0, 0.05) is 28.1 Å². The van der Waals surface area contributed by atoms with Crippen molar-refractivity contribution >= 4 is 22.4 Å². The number of rotatable bonds is 6. The number of methoxy groups -OCH3 is 1. The molecule has 1 aliphatic rings. The molecule has 3 nitrogen and oxygen atoms in total. The van der Waals surface area contributed by atoms with Crippen LogP contribution in [-0.4, -0.2) is 24.1 Å². The molecule has 28 heavy (non-hydrogen) atoms. The Balaban J connectivity index is 1.78. The highest BCUT2D eigenvalue weighted by atomic mass is 35.5. The zero-order valence-corrected chi connectivity index (χ0v) is 17.5. The lowest BCUT2D eigenvalue weighted by Crippen LogP contribution is -2.54. The van der Waals surface area contributed by atoms with Gasteiger partial charge in [-0.05, 0) is 80.5 Å². The summed E-state index contributed by atoms with van der Waals surface area (Å²) in [6.07, 6.45) is 5.46. The van der Waals surface area contributed by atoms with Crippen molar-refractivity contribution in [3.05, 3.63) is 35.0 Å². The summed E-state index contributed by atoms with van der Waals surface area (Å²) in [4.78, 5) is 4.21. The number of fused-ring (bicyclic) bond motifs is 1. The van der Waals surface area contributed by atoms with Gasteiger partial charge in [-0.2, -0.15) is 0 Å². The van der Waals surface area contributed by atoms with Gasteiger partial charge in [-0.3, -0.25) is 0 Å². The van der Waals surface area contributed by atoms with Gasteiger partial charge in [0.2, 0.25) is 5.88 Å². The minimum absolute atomic E-state index is 0.332. The van der Waals surface area contributed by atoms with Crippen LogP contribution in [0.25, 0.3) is 10.8 Å². The summed E-state index contributed by atoms with van der Waals surface area (Å²) in [7, 11) is 1.59. The van der Waals surface area contributed by atoms with Crippen molar-refractivity contribution in [3.8, 4) is 5.88 Å². The highest BCUT2D eigenvalue weighted by Gasteiger charge is 2.54. The van der Waals surface area contributed by atoms with Crippen LogP contribution in [0.2, 0.25) is 5.02 Å². The number of alkyl halides is 2. The Morgan fingerprint density at radius 1 is 1.36 bits per heavy atom. The Hall–Kier alpha value is -1.46. The lowest BCUT2D eigenvalue weighted by atomic mass is 9.62. The topological polar surface area (TPSA) is 48.1 Å². The zero-order chi connectivity index (χ0) is 20.5. The first-order valence-corrected chi connectivity index (χ1v) is 10.3. The molecule has 0 aliphatic heterocycles. The third-order valence-electron chi connectivity index (χ3n) is 6.62. The van der Waals surface area contributed by atoms with Crippen LogP contribution < -0.4 is 10.5 Å². The van der Waals surface area contributed by atoms with Crippen LogP contribution in [0.3, 0.4) is 0 Å². The molecule has 1 heterocycles. The maximum Gasteiger partial charge on any atom is 0.252 e. The monoisotopic (exact) mass is 410 g/mol. The van der Waals surface area contributed by atoms with Gasteiger partial charge in [0.15, 0.2) is 0 Å². The first kappa shape index (κ1) is 21.3. The maximum absolute atomic E-state index is 14.4. The average molecular weight is 411 g/mol. The minimum Gasteiger partial charge on any atom is -0.481 e. The predicted octanol–water partition coefficient (Wildman–Crippen LogP) is 6.01. The van der Waals surface area contributed by atoms with Gasteiger partial charge in [0.1, 0.15) is 0 Å². The smallest absolute Gasteiger partial charge is 0.252 e. The molecule has 1 aromatic heterocycles. The molecule has 0 spiro atoms. The molecule has 1 saturated carbocycles. The number of hydrogen-bond donors (Lipinski definition) is 1. The van der Waals surface area contributed by atoms with E-state index in [9.17, 15) is 8.78 Å². The molecular weight excluding hydrogens is 382 g/mol. The van der Waals surface area contributed by atoms with E-state index in [1.807, 2.05) is 19.1 Å². The number of pyridine rings is 1. The summed E-state index contributed by atoms with van der Waals surface area (Å²) < 4.78 is 34.2. The lowest BCUT2D eigenvalue weighted by molar-refractivity contribution is -0.142. The highest BCUT2D eigenvalue weighted by molar-refractivity contribution is 6.32. The molecule has 154 valence electrons. The predicted molar refractivity (Wildman–Crippen MR) is 110 cm³/mol. The van der Waals surface area contributed by atoms with E-state index in [0.717, 1.165) is 42.5 Å². The van der Waals surface area contributed by atoms with Crippen LogP contribution in [0.4, 0.5) is 8.78 Å². The average Bonchev–Trinajstić information content (AvgIpc) is 2.67. The molecule has 0 saturated heterocycles. The quantitative estimate of drug-likeness (QED) is 0.634. The summed E-state index contributed by atoms with van der Waals surface area (Å²) >= 11 is 6.53. The number of nitrogens with zero attached hydrogens (tertiary/aromatic N) is 1. The maximum atomic E-state index is 14.4. The van der Waals surface area contributed by atoms with Crippen LogP contribution in [0, 0.1) is 11.3 Å². The fourth-order valence-electron chi connectivity index (χ4n) is 4.77. The Labute approximate surface area is 170 Å². The zero-order valence-electron chi connectivity index (χ0n) is 16.8. The van der Waals surface area contributed by atoms with Gasteiger partial charge < -0.3 is 10.5 Å². The molecule has 0 amide bonds. The summed E-state index contributed by atoms with van der Waals surface area (Å²) in [5, 5.41) is 2.56. The summed E-state index contributed by atoms with van der Waals surface area (Å²) in [5.41, 5.74) is 6.11. The van der Waals surface area contributed by atoms with Crippen molar-refractivity contribution in [3.63, 3.8) is 0 Å². The van der Waals surface area contributed by atoms with Crippen molar-refractivity contribution in [2.24, 2.45) is 17.1 Å². The summed E-state index contributed by atoms with van der Waals surface area (Å²) in [6, 6.07) is 5.41. The normalized spacial score (nSPS) is 24.3. The molecule has 1 unspecified atom stereocenters. The summed E-state index contributed by atoms with van der Waals surface area (Å²) in [6.45, 7) is 2.92. The van der Waals surface area contributed by atoms with Crippen LogP contribution in [0.5, 0.6) is 5.88 Å². The minimum atomic E-state index is -2.77. The molecule has 0 radical (unpaired) electrons. The second-order valence-electron chi connectivity index (χ2n) is 8.19. The molecule has 6 heteroatoms. The number of nitrogens with two attached hydrogens (primary N) is 1. The van der Waals surface area contributed by atoms with Crippen LogP contribution >= 0.6 is 11.6 Å². The van der Waals surface area contributed by atoms with Gasteiger partial charge in [0.25, 0.3) is 5.92 Å². The lowest BCUT2D eigenvalue weighted by Gasteiger charge is -2.47. The van der Waals surface area contributed by atoms with Gasteiger partial charge in [0.05, 0.1) is 7.11 Å². The van der Waals surface area contributed by atoms with E-state index in [-0.39, 0.29) is 0 Å². The first-order chi connectivity index (χ1) is 13.2. The van der Waals surface area contributed by atoms with Crippen molar-refractivity contribution in [1.29, 1.82) is 0 Å². The Morgan fingerprint density at radius 3 is 2.61 bits per heavy atom. The van der Waals surface area contributed by atoms with E-state index in [1.54, 1.807) is 13.3 Å². The van der Waals surface area contributed by atoms with Crippen LogP contribution in [-0.2, 0) is 6.42 Å². The Kier molecular flexibility index (Phi) is 6.16. The van der Waals surface area contributed by atoms with Crippen molar-refractivity contribution < 1.29 is 13.5 Å². The van der Waals surface area contributed by atoms with Gasteiger partial charge in [-0.15, -0.1) is 0 Å².